The molecule has 1 atom stereocenters. The molecular weight excluding hydrogens is 367 g/mol. The number of benzene rings is 1. The van der Waals surface area contributed by atoms with Crippen LogP contribution >= 0.6 is 36.4 Å². The van der Waals surface area contributed by atoms with Crippen LogP contribution in [0.25, 0.3) is 0 Å². The Hall–Kier alpha value is -0.780. The summed E-state index contributed by atoms with van der Waals surface area (Å²) in [4.78, 5) is 7.02. The molecule has 0 saturated carbocycles. The van der Waals surface area contributed by atoms with E-state index in [2.05, 4.69) is 51.9 Å². The Kier molecular flexibility index (Phi) is 8.54. The van der Waals surface area contributed by atoms with Crippen molar-refractivity contribution in [2.45, 2.75) is 32.5 Å². The molecule has 0 spiro atoms. The highest BCUT2D eigenvalue weighted by Crippen LogP contribution is 2.29. The summed E-state index contributed by atoms with van der Waals surface area (Å²) in [6.45, 7) is 8.15. The number of rotatable bonds is 4. The molecule has 2 heterocycles. The van der Waals surface area contributed by atoms with Gasteiger partial charge in [-0.25, -0.2) is 4.98 Å². The van der Waals surface area contributed by atoms with Crippen molar-refractivity contribution in [2.75, 3.05) is 19.6 Å². The lowest BCUT2D eigenvalue weighted by Gasteiger charge is -2.36. The Morgan fingerprint density at radius 3 is 2.75 bits per heavy atom. The van der Waals surface area contributed by atoms with Crippen molar-refractivity contribution >= 4 is 36.4 Å². The molecule has 4 nitrogen and oxygen atoms in total. The SMILES string of the molecule is CC(C)n1ccnc1CN1CCNCC1c1ccccc1Cl.Cl.Cl. The monoisotopic (exact) mass is 390 g/mol. The summed E-state index contributed by atoms with van der Waals surface area (Å²) in [5, 5.41) is 4.32. The predicted octanol–water partition coefficient (Wildman–Crippen LogP) is 4.11. The van der Waals surface area contributed by atoms with E-state index in [-0.39, 0.29) is 24.8 Å². The van der Waals surface area contributed by atoms with E-state index in [0.29, 0.717) is 12.1 Å². The van der Waals surface area contributed by atoms with Gasteiger partial charge in [0.2, 0.25) is 0 Å². The smallest absolute Gasteiger partial charge is 0.123 e. The van der Waals surface area contributed by atoms with Crippen molar-refractivity contribution < 1.29 is 0 Å². The molecule has 0 aliphatic carbocycles. The molecule has 1 aromatic heterocycles. The van der Waals surface area contributed by atoms with E-state index in [1.165, 1.54) is 5.56 Å². The van der Waals surface area contributed by atoms with Gasteiger partial charge in [0, 0.05) is 49.1 Å². The van der Waals surface area contributed by atoms with Crippen LogP contribution < -0.4 is 5.32 Å². The summed E-state index contributed by atoms with van der Waals surface area (Å²) in [5.41, 5.74) is 1.19. The van der Waals surface area contributed by atoms with Crippen molar-refractivity contribution in [3.05, 3.63) is 53.1 Å². The Morgan fingerprint density at radius 1 is 1.29 bits per heavy atom. The van der Waals surface area contributed by atoms with E-state index in [1.807, 2.05) is 18.3 Å². The molecule has 0 radical (unpaired) electrons. The Labute approximate surface area is 161 Å². The van der Waals surface area contributed by atoms with E-state index in [0.717, 1.165) is 37.0 Å². The molecule has 0 bridgehead atoms. The second-order valence-corrected chi connectivity index (χ2v) is 6.46. The van der Waals surface area contributed by atoms with Gasteiger partial charge in [-0.3, -0.25) is 4.90 Å². The maximum absolute atomic E-state index is 6.41. The van der Waals surface area contributed by atoms with Gasteiger partial charge in [-0.05, 0) is 25.5 Å². The summed E-state index contributed by atoms with van der Waals surface area (Å²) in [6.07, 6.45) is 3.95. The van der Waals surface area contributed by atoms with Crippen molar-refractivity contribution in [1.29, 1.82) is 0 Å². The fourth-order valence-corrected chi connectivity index (χ4v) is 3.37. The molecule has 1 N–H and O–H groups in total. The van der Waals surface area contributed by atoms with Gasteiger partial charge < -0.3 is 9.88 Å². The van der Waals surface area contributed by atoms with Crippen LogP contribution in [0.5, 0.6) is 0 Å². The van der Waals surface area contributed by atoms with Crippen LogP contribution in [-0.4, -0.2) is 34.1 Å². The lowest BCUT2D eigenvalue weighted by molar-refractivity contribution is 0.147. The van der Waals surface area contributed by atoms with Gasteiger partial charge in [0.1, 0.15) is 5.82 Å². The molecule has 0 amide bonds. The molecule has 1 fully saturated rings. The number of nitrogens with one attached hydrogen (secondary N) is 1. The molecular formula is C17H25Cl3N4. The summed E-state index contributed by atoms with van der Waals surface area (Å²) in [7, 11) is 0. The minimum Gasteiger partial charge on any atom is -0.331 e. The molecule has 3 rings (SSSR count). The standard InChI is InChI=1S/C17H23ClN4.2ClH/c1-13(2)22-10-8-20-17(22)12-21-9-7-19-11-16(21)14-5-3-4-6-15(14)18;;/h3-6,8,10,13,16,19H,7,9,11-12H2,1-2H3;2*1H. The highest BCUT2D eigenvalue weighted by molar-refractivity contribution is 6.31. The quantitative estimate of drug-likeness (QED) is 0.851. The van der Waals surface area contributed by atoms with Gasteiger partial charge in [-0.1, -0.05) is 29.8 Å². The van der Waals surface area contributed by atoms with Gasteiger partial charge in [-0.2, -0.15) is 0 Å². The maximum Gasteiger partial charge on any atom is 0.123 e. The maximum atomic E-state index is 6.41. The van der Waals surface area contributed by atoms with Gasteiger partial charge in [-0.15, -0.1) is 24.8 Å². The Balaban J connectivity index is 0.00000144. The van der Waals surface area contributed by atoms with Crippen LogP contribution in [0, 0.1) is 0 Å². The van der Waals surface area contributed by atoms with E-state index < -0.39 is 0 Å². The van der Waals surface area contributed by atoms with E-state index in [4.69, 9.17) is 11.6 Å². The van der Waals surface area contributed by atoms with Gasteiger partial charge >= 0.3 is 0 Å². The topological polar surface area (TPSA) is 33.1 Å². The number of piperazine rings is 1. The van der Waals surface area contributed by atoms with Gasteiger partial charge in [0.25, 0.3) is 0 Å². The minimum absolute atomic E-state index is 0. The molecule has 1 aliphatic heterocycles. The zero-order valence-corrected chi connectivity index (χ0v) is 16.4. The van der Waals surface area contributed by atoms with Crippen LogP contribution in [-0.2, 0) is 6.54 Å². The number of hydrogen-bond acceptors (Lipinski definition) is 3. The highest BCUT2D eigenvalue weighted by atomic mass is 35.5. The largest absolute Gasteiger partial charge is 0.331 e. The minimum atomic E-state index is 0. The zero-order valence-electron chi connectivity index (χ0n) is 14.0. The Bertz CT molecular complexity index is 630. The second-order valence-electron chi connectivity index (χ2n) is 6.06. The summed E-state index contributed by atoms with van der Waals surface area (Å²) in [5.74, 6) is 1.12. The first-order valence-electron chi connectivity index (χ1n) is 7.87. The molecule has 24 heavy (non-hydrogen) atoms. The Morgan fingerprint density at radius 2 is 2.04 bits per heavy atom. The molecule has 1 aromatic carbocycles. The first kappa shape index (κ1) is 21.3. The molecule has 1 unspecified atom stereocenters. The van der Waals surface area contributed by atoms with Crippen LogP contribution in [0.3, 0.4) is 0 Å². The third-order valence-corrected chi connectivity index (χ3v) is 4.61. The van der Waals surface area contributed by atoms with Crippen molar-refractivity contribution in [3.63, 3.8) is 0 Å². The molecule has 2 aromatic rings. The third-order valence-electron chi connectivity index (χ3n) is 4.27. The molecule has 134 valence electrons. The van der Waals surface area contributed by atoms with E-state index in [9.17, 15) is 0 Å². The first-order chi connectivity index (χ1) is 10.7. The van der Waals surface area contributed by atoms with E-state index >= 15 is 0 Å². The summed E-state index contributed by atoms with van der Waals surface area (Å²) in [6, 6.07) is 8.86. The average Bonchev–Trinajstić information content (AvgIpc) is 2.97. The van der Waals surface area contributed by atoms with E-state index in [1.54, 1.807) is 0 Å². The van der Waals surface area contributed by atoms with Crippen LogP contribution in [0.4, 0.5) is 0 Å². The zero-order chi connectivity index (χ0) is 15.5. The number of nitrogens with zero attached hydrogens (tertiary/aromatic N) is 3. The summed E-state index contributed by atoms with van der Waals surface area (Å²) < 4.78 is 2.24. The normalized spacial score (nSPS) is 18.1. The van der Waals surface area contributed by atoms with Crippen LogP contribution in [0.1, 0.15) is 37.3 Å². The molecule has 1 aliphatic rings. The third kappa shape index (κ3) is 4.64. The van der Waals surface area contributed by atoms with Crippen molar-refractivity contribution in [3.8, 4) is 0 Å². The number of imidazole rings is 1. The number of aromatic nitrogens is 2. The number of hydrogen-bond donors (Lipinski definition) is 1. The van der Waals surface area contributed by atoms with Crippen molar-refractivity contribution in [2.24, 2.45) is 0 Å². The fourth-order valence-electron chi connectivity index (χ4n) is 3.11. The average molecular weight is 392 g/mol. The lowest BCUT2D eigenvalue weighted by atomic mass is 10.0. The lowest BCUT2D eigenvalue weighted by Crippen LogP contribution is -2.46. The first-order valence-corrected chi connectivity index (χ1v) is 8.25. The fraction of sp³-hybridized carbons (Fsp3) is 0.471. The second kappa shape index (κ2) is 9.64. The van der Waals surface area contributed by atoms with Crippen LogP contribution in [0.15, 0.2) is 36.7 Å². The number of halogens is 3. The highest BCUT2D eigenvalue weighted by Gasteiger charge is 2.26. The predicted molar refractivity (Wildman–Crippen MR) is 105 cm³/mol. The van der Waals surface area contributed by atoms with Gasteiger partial charge in [0.15, 0.2) is 0 Å². The summed E-state index contributed by atoms with van der Waals surface area (Å²) >= 11 is 6.41. The van der Waals surface area contributed by atoms with Crippen LogP contribution in [0.2, 0.25) is 5.02 Å². The van der Waals surface area contributed by atoms with Gasteiger partial charge in [0.05, 0.1) is 6.54 Å². The molecule has 7 heteroatoms. The van der Waals surface area contributed by atoms with Crippen molar-refractivity contribution in [1.82, 2.24) is 19.8 Å². The molecule has 1 saturated heterocycles.